The van der Waals surface area contributed by atoms with Gasteiger partial charge in [0, 0.05) is 0 Å². The Kier molecular flexibility index (Phi) is 4.23. The minimum atomic E-state index is -0.498. The minimum Gasteiger partial charge on any atom is -0.434 e. The Morgan fingerprint density at radius 2 is 2.14 bits per heavy atom. The van der Waals surface area contributed by atoms with Crippen molar-refractivity contribution in [1.82, 2.24) is 0 Å². The maximum atomic E-state index is 11.1. The molecule has 0 N–H and O–H groups in total. The summed E-state index contributed by atoms with van der Waals surface area (Å²) in [6.07, 6.45) is 2.64. The van der Waals surface area contributed by atoms with E-state index in [4.69, 9.17) is 9.47 Å². The van der Waals surface area contributed by atoms with Crippen LogP contribution in [0.4, 0.5) is 4.79 Å². The lowest BCUT2D eigenvalue weighted by atomic mass is 9.85. The maximum Gasteiger partial charge on any atom is 0.508 e. The molecule has 0 aliphatic carbocycles. The molecule has 0 aromatic heterocycles. The van der Waals surface area contributed by atoms with Crippen molar-refractivity contribution < 1.29 is 14.3 Å². The van der Waals surface area contributed by atoms with Gasteiger partial charge in [0.15, 0.2) is 0 Å². The average Bonchev–Trinajstić information content (AvgIpc) is 2.31. The van der Waals surface area contributed by atoms with Crippen molar-refractivity contribution in [3.63, 3.8) is 0 Å². The molecule has 0 spiro atoms. The zero-order valence-electron chi connectivity index (χ0n) is 9.29. The topological polar surface area (TPSA) is 35.5 Å². The summed E-state index contributed by atoms with van der Waals surface area (Å²) in [5.41, 5.74) is 0. The van der Waals surface area contributed by atoms with Crippen molar-refractivity contribution in [3.8, 4) is 0 Å². The van der Waals surface area contributed by atoms with Gasteiger partial charge in [-0.15, -0.1) is 0 Å². The van der Waals surface area contributed by atoms with Gasteiger partial charge in [0.1, 0.15) is 6.10 Å². The molecule has 0 amide bonds. The zero-order chi connectivity index (χ0) is 10.6. The summed E-state index contributed by atoms with van der Waals surface area (Å²) in [7, 11) is 0. The first-order valence-corrected chi connectivity index (χ1v) is 5.52. The highest BCUT2D eigenvalue weighted by Gasteiger charge is 2.31. The predicted molar refractivity (Wildman–Crippen MR) is 54.1 cm³/mol. The quantitative estimate of drug-likeness (QED) is 0.657. The van der Waals surface area contributed by atoms with E-state index in [0.29, 0.717) is 18.4 Å². The summed E-state index contributed by atoms with van der Waals surface area (Å²) in [5, 5.41) is 0. The normalized spacial score (nSPS) is 33.1. The lowest BCUT2D eigenvalue weighted by molar-refractivity contribution is 0.0315. The lowest BCUT2D eigenvalue weighted by Gasteiger charge is -2.24. The standard InChI is InChI=1S/C11H20O3/c1-4-6-9-7-13-11(12)14-10(5-2)8(9)3/h8-10H,4-7H2,1-3H3. The third-order valence-electron chi connectivity index (χ3n) is 3.05. The van der Waals surface area contributed by atoms with Gasteiger partial charge in [0.2, 0.25) is 0 Å². The Morgan fingerprint density at radius 1 is 1.43 bits per heavy atom. The molecule has 1 fully saturated rings. The number of hydrogen-bond acceptors (Lipinski definition) is 3. The Balaban J connectivity index is 2.63. The third-order valence-corrected chi connectivity index (χ3v) is 3.05. The number of cyclic esters (lactones) is 2. The fraction of sp³-hybridized carbons (Fsp3) is 0.909. The highest BCUT2D eigenvalue weighted by atomic mass is 16.7. The van der Waals surface area contributed by atoms with Crippen LogP contribution in [0, 0.1) is 11.8 Å². The van der Waals surface area contributed by atoms with Crippen LogP contribution in [0.3, 0.4) is 0 Å². The largest absolute Gasteiger partial charge is 0.508 e. The minimum absolute atomic E-state index is 0.0292. The number of carbonyl (C=O) groups is 1. The lowest BCUT2D eigenvalue weighted by Crippen LogP contribution is -2.26. The van der Waals surface area contributed by atoms with Gasteiger partial charge in [0.05, 0.1) is 6.61 Å². The van der Waals surface area contributed by atoms with E-state index in [1.165, 1.54) is 0 Å². The Bertz CT molecular complexity index is 191. The molecule has 1 rings (SSSR count). The van der Waals surface area contributed by atoms with Crippen molar-refractivity contribution >= 4 is 6.16 Å². The average molecular weight is 200 g/mol. The van der Waals surface area contributed by atoms with Gasteiger partial charge >= 0.3 is 6.16 Å². The van der Waals surface area contributed by atoms with Gasteiger partial charge < -0.3 is 9.47 Å². The van der Waals surface area contributed by atoms with E-state index in [0.717, 1.165) is 19.3 Å². The molecule has 0 saturated carbocycles. The molecule has 3 heteroatoms. The molecule has 0 aromatic rings. The van der Waals surface area contributed by atoms with Crippen LogP contribution in [0.25, 0.3) is 0 Å². The Morgan fingerprint density at radius 3 is 2.71 bits per heavy atom. The van der Waals surface area contributed by atoms with Gasteiger partial charge in [-0.25, -0.2) is 4.79 Å². The summed E-state index contributed by atoms with van der Waals surface area (Å²) in [6, 6.07) is 0. The molecule has 0 radical (unpaired) electrons. The highest BCUT2D eigenvalue weighted by Crippen LogP contribution is 2.27. The van der Waals surface area contributed by atoms with E-state index in [2.05, 4.69) is 13.8 Å². The second-order valence-corrected chi connectivity index (χ2v) is 4.03. The summed E-state index contributed by atoms with van der Waals surface area (Å²) < 4.78 is 10.2. The second kappa shape index (κ2) is 5.23. The fourth-order valence-electron chi connectivity index (χ4n) is 2.07. The monoisotopic (exact) mass is 200 g/mol. The van der Waals surface area contributed by atoms with E-state index in [1.54, 1.807) is 0 Å². The van der Waals surface area contributed by atoms with E-state index in [9.17, 15) is 4.79 Å². The van der Waals surface area contributed by atoms with Crippen molar-refractivity contribution in [2.24, 2.45) is 11.8 Å². The smallest absolute Gasteiger partial charge is 0.434 e. The van der Waals surface area contributed by atoms with Crippen LogP contribution in [-0.4, -0.2) is 18.9 Å². The van der Waals surface area contributed by atoms with Crippen molar-refractivity contribution in [3.05, 3.63) is 0 Å². The SMILES string of the molecule is CCCC1COC(=O)OC(CC)C1C. The van der Waals surface area contributed by atoms with Crippen molar-refractivity contribution in [2.75, 3.05) is 6.61 Å². The zero-order valence-corrected chi connectivity index (χ0v) is 9.29. The molecule has 0 aromatic carbocycles. The maximum absolute atomic E-state index is 11.1. The number of hydrogen-bond donors (Lipinski definition) is 0. The fourth-order valence-corrected chi connectivity index (χ4v) is 2.07. The van der Waals surface area contributed by atoms with Gasteiger partial charge in [-0.05, 0) is 24.7 Å². The first kappa shape index (κ1) is 11.3. The number of carbonyl (C=O) groups excluding carboxylic acids is 1. The molecule has 3 unspecified atom stereocenters. The predicted octanol–water partition coefficient (Wildman–Crippen LogP) is 2.98. The highest BCUT2D eigenvalue weighted by molar-refractivity contribution is 5.60. The van der Waals surface area contributed by atoms with Crippen molar-refractivity contribution in [2.45, 2.75) is 46.1 Å². The van der Waals surface area contributed by atoms with Crippen LogP contribution < -0.4 is 0 Å². The van der Waals surface area contributed by atoms with Crippen LogP contribution in [0.5, 0.6) is 0 Å². The molecule has 82 valence electrons. The van der Waals surface area contributed by atoms with E-state index >= 15 is 0 Å². The Labute approximate surface area is 85.8 Å². The summed E-state index contributed by atoms with van der Waals surface area (Å²) in [6.45, 7) is 6.87. The van der Waals surface area contributed by atoms with Crippen LogP contribution in [0.15, 0.2) is 0 Å². The third kappa shape index (κ3) is 2.63. The molecule has 1 aliphatic heterocycles. The number of rotatable bonds is 3. The summed E-state index contributed by atoms with van der Waals surface area (Å²) in [4.78, 5) is 11.1. The van der Waals surface area contributed by atoms with E-state index in [-0.39, 0.29) is 6.10 Å². The van der Waals surface area contributed by atoms with E-state index < -0.39 is 6.16 Å². The molecule has 1 aliphatic rings. The molecule has 1 heterocycles. The van der Waals surface area contributed by atoms with Crippen LogP contribution >= 0.6 is 0 Å². The van der Waals surface area contributed by atoms with Crippen molar-refractivity contribution in [1.29, 1.82) is 0 Å². The number of ether oxygens (including phenoxy) is 2. The van der Waals surface area contributed by atoms with Gasteiger partial charge in [-0.3, -0.25) is 0 Å². The molecule has 14 heavy (non-hydrogen) atoms. The van der Waals surface area contributed by atoms with Gasteiger partial charge in [-0.1, -0.05) is 27.2 Å². The second-order valence-electron chi connectivity index (χ2n) is 4.03. The molecule has 1 saturated heterocycles. The summed E-state index contributed by atoms with van der Waals surface area (Å²) in [5.74, 6) is 0.864. The van der Waals surface area contributed by atoms with Gasteiger partial charge in [-0.2, -0.15) is 0 Å². The molecular formula is C11H20O3. The van der Waals surface area contributed by atoms with Crippen LogP contribution in [0.2, 0.25) is 0 Å². The molecule has 3 atom stereocenters. The van der Waals surface area contributed by atoms with Gasteiger partial charge in [0.25, 0.3) is 0 Å². The molecular weight excluding hydrogens is 180 g/mol. The molecule has 0 bridgehead atoms. The first-order chi connectivity index (χ1) is 6.69. The Hall–Kier alpha value is -0.730. The van der Waals surface area contributed by atoms with E-state index in [1.807, 2.05) is 6.92 Å². The first-order valence-electron chi connectivity index (χ1n) is 5.52. The van der Waals surface area contributed by atoms with Crippen LogP contribution in [-0.2, 0) is 9.47 Å². The molecule has 3 nitrogen and oxygen atoms in total. The summed E-state index contributed by atoms with van der Waals surface area (Å²) >= 11 is 0. The van der Waals surface area contributed by atoms with Crippen LogP contribution in [0.1, 0.15) is 40.0 Å².